The van der Waals surface area contributed by atoms with Crippen molar-refractivity contribution in [1.82, 2.24) is 0 Å². The van der Waals surface area contributed by atoms with Gasteiger partial charge in [0.2, 0.25) is 0 Å². The van der Waals surface area contributed by atoms with Crippen LogP contribution in [0.25, 0.3) is 0 Å². The van der Waals surface area contributed by atoms with Gasteiger partial charge in [0.05, 0.1) is 23.1 Å². The average Bonchev–Trinajstić information content (AvgIpc) is 2.31. The standard InChI is InChI=1S/C12H11Cl2FO3/c1-18-3-2-7(16)4-12(17)8-5-11(15)10(14)6-9(8)13/h5-6H,2-4H2,1H3. The molecule has 0 saturated heterocycles. The van der Waals surface area contributed by atoms with Crippen molar-refractivity contribution in [2.45, 2.75) is 12.8 Å². The van der Waals surface area contributed by atoms with Crippen LogP contribution in [0, 0.1) is 5.82 Å². The van der Waals surface area contributed by atoms with Gasteiger partial charge in [-0.1, -0.05) is 23.2 Å². The molecule has 6 heteroatoms. The van der Waals surface area contributed by atoms with E-state index in [9.17, 15) is 14.0 Å². The Kier molecular flexibility index (Phi) is 5.72. The highest BCUT2D eigenvalue weighted by Crippen LogP contribution is 2.25. The van der Waals surface area contributed by atoms with Crippen LogP contribution in [0.1, 0.15) is 23.2 Å². The number of benzene rings is 1. The molecule has 1 rings (SSSR count). The number of Topliss-reactive ketones (excluding diaryl/α,β-unsaturated/α-hetero) is 2. The van der Waals surface area contributed by atoms with E-state index in [1.165, 1.54) is 7.11 Å². The largest absolute Gasteiger partial charge is 0.384 e. The molecule has 0 amide bonds. The minimum atomic E-state index is -0.742. The van der Waals surface area contributed by atoms with E-state index >= 15 is 0 Å². The molecule has 0 aliphatic carbocycles. The summed E-state index contributed by atoms with van der Waals surface area (Å²) in [4.78, 5) is 23.1. The Morgan fingerprint density at radius 1 is 1.28 bits per heavy atom. The number of rotatable bonds is 6. The van der Waals surface area contributed by atoms with Crippen molar-refractivity contribution in [1.29, 1.82) is 0 Å². The van der Waals surface area contributed by atoms with Crippen molar-refractivity contribution in [2.24, 2.45) is 0 Å². The molecule has 0 fully saturated rings. The van der Waals surface area contributed by atoms with Gasteiger partial charge in [0, 0.05) is 19.1 Å². The maximum absolute atomic E-state index is 13.2. The van der Waals surface area contributed by atoms with Crippen LogP contribution >= 0.6 is 23.2 Å². The first-order valence-corrected chi connectivity index (χ1v) is 5.89. The zero-order valence-corrected chi connectivity index (χ0v) is 11.1. The summed E-state index contributed by atoms with van der Waals surface area (Å²) in [6.07, 6.45) is -0.194. The summed E-state index contributed by atoms with van der Waals surface area (Å²) in [7, 11) is 1.46. The highest BCUT2D eigenvalue weighted by Gasteiger charge is 2.17. The van der Waals surface area contributed by atoms with E-state index in [4.69, 9.17) is 27.9 Å². The second-order valence-corrected chi connectivity index (χ2v) is 4.44. The summed E-state index contributed by atoms with van der Waals surface area (Å²) < 4.78 is 17.9. The van der Waals surface area contributed by atoms with E-state index < -0.39 is 11.6 Å². The smallest absolute Gasteiger partial charge is 0.171 e. The molecule has 0 unspecified atom stereocenters. The molecule has 0 aliphatic heterocycles. The Hall–Kier alpha value is -0.970. The highest BCUT2D eigenvalue weighted by molar-refractivity contribution is 6.37. The first-order valence-electron chi connectivity index (χ1n) is 5.14. The molecule has 3 nitrogen and oxygen atoms in total. The minimum absolute atomic E-state index is 0.0333. The van der Waals surface area contributed by atoms with Gasteiger partial charge in [-0.3, -0.25) is 9.59 Å². The molecule has 0 bridgehead atoms. The summed E-state index contributed by atoms with van der Waals surface area (Å²) in [5, 5.41) is -0.131. The average molecular weight is 293 g/mol. The Labute approximate surface area is 114 Å². The molecule has 0 atom stereocenters. The van der Waals surface area contributed by atoms with Crippen molar-refractivity contribution in [3.8, 4) is 0 Å². The van der Waals surface area contributed by atoms with Crippen molar-refractivity contribution in [3.05, 3.63) is 33.6 Å². The maximum Gasteiger partial charge on any atom is 0.171 e. The van der Waals surface area contributed by atoms with E-state index in [-0.39, 0.29) is 40.8 Å². The number of hydrogen-bond donors (Lipinski definition) is 0. The molecule has 0 aliphatic rings. The number of carbonyl (C=O) groups excluding carboxylic acids is 2. The van der Waals surface area contributed by atoms with Gasteiger partial charge in [0.15, 0.2) is 5.78 Å². The lowest BCUT2D eigenvalue weighted by atomic mass is 10.0. The SMILES string of the molecule is COCCC(=O)CC(=O)c1cc(F)c(Cl)cc1Cl. The molecular formula is C12H11Cl2FO3. The van der Waals surface area contributed by atoms with Crippen LogP contribution in [0.4, 0.5) is 4.39 Å². The molecular weight excluding hydrogens is 282 g/mol. The van der Waals surface area contributed by atoms with Gasteiger partial charge in [0.1, 0.15) is 11.6 Å². The first-order chi connectivity index (χ1) is 8.45. The van der Waals surface area contributed by atoms with Gasteiger partial charge >= 0.3 is 0 Å². The normalized spacial score (nSPS) is 10.4. The van der Waals surface area contributed by atoms with Crippen molar-refractivity contribution in [3.63, 3.8) is 0 Å². The summed E-state index contributed by atoms with van der Waals surface area (Å²) >= 11 is 11.3. The van der Waals surface area contributed by atoms with Crippen LogP contribution in [-0.4, -0.2) is 25.3 Å². The number of methoxy groups -OCH3 is 1. The zero-order valence-electron chi connectivity index (χ0n) is 9.63. The third-order valence-corrected chi connectivity index (χ3v) is 2.86. The van der Waals surface area contributed by atoms with Crippen molar-refractivity contribution < 1.29 is 18.7 Å². The second kappa shape index (κ2) is 6.83. The third-order valence-electron chi connectivity index (χ3n) is 2.25. The molecule has 1 aromatic carbocycles. The van der Waals surface area contributed by atoms with Gasteiger partial charge in [-0.2, -0.15) is 0 Å². The minimum Gasteiger partial charge on any atom is -0.384 e. The van der Waals surface area contributed by atoms with Gasteiger partial charge in [-0.05, 0) is 12.1 Å². The number of ketones is 2. The third kappa shape index (κ3) is 4.05. The Morgan fingerprint density at radius 2 is 1.94 bits per heavy atom. The van der Waals surface area contributed by atoms with Crippen LogP contribution < -0.4 is 0 Å². The van der Waals surface area contributed by atoms with E-state index in [1.807, 2.05) is 0 Å². The molecule has 0 N–H and O–H groups in total. The zero-order chi connectivity index (χ0) is 13.7. The monoisotopic (exact) mass is 292 g/mol. The van der Waals surface area contributed by atoms with E-state index in [0.29, 0.717) is 0 Å². The molecule has 0 radical (unpaired) electrons. The fraction of sp³-hybridized carbons (Fsp3) is 0.333. The second-order valence-electron chi connectivity index (χ2n) is 3.63. The Balaban J connectivity index is 2.78. The Bertz CT molecular complexity index is 475. The van der Waals surface area contributed by atoms with Crippen LogP contribution in [-0.2, 0) is 9.53 Å². The Morgan fingerprint density at radius 3 is 2.56 bits per heavy atom. The topological polar surface area (TPSA) is 43.4 Å². The fourth-order valence-electron chi connectivity index (χ4n) is 1.31. The molecule has 98 valence electrons. The molecule has 1 aromatic rings. The lowest BCUT2D eigenvalue weighted by Gasteiger charge is -2.04. The summed E-state index contributed by atoms with van der Waals surface area (Å²) in [5.41, 5.74) is -0.0377. The summed E-state index contributed by atoms with van der Waals surface area (Å²) in [5.74, 6) is -1.56. The van der Waals surface area contributed by atoms with Crippen LogP contribution in [0.5, 0.6) is 0 Å². The molecule has 0 spiro atoms. The quantitative estimate of drug-likeness (QED) is 0.459. The van der Waals surface area contributed by atoms with Gasteiger partial charge < -0.3 is 4.74 Å². The summed E-state index contributed by atoms with van der Waals surface area (Å²) in [6, 6.07) is 2.09. The van der Waals surface area contributed by atoms with Gasteiger partial charge in [-0.25, -0.2) is 4.39 Å². The van der Waals surface area contributed by atoms with Crippen LogP contribution in [0.15, 0.2) is 12.1 Å². The van der Waals surface area contributed by atoms with Crippen LogP contribution in [0.2, 0.25) is 10.0 Å². The fourth-order valence-corrected chi connectivity index (χ4v) is 1.80. The van der Waals surface area contributed by atoms with E-state index in [0.717, 1.165) is 12.1 Å². The number of carbonyl (C=O) groups is 2. The highest BCUT2D eigenvalue weighted by atomic mass is 35.5. The van der Waals surface area contributed by atoms with Gasteiger partial charge in [0.25, 0.3) is 0 Å². The summed E-state index contributed by atoms with van der Waals surface area (Å²) in [6.45, 7) is 0.245. The lowest BCUT2D eigenvalue weighted by Crippen LogP contribution is -2.11. The van der Waals surface area contributed by atoms with E-state index in [2.05, 4.69) is 0 Å². The van der Waals surface area contributed by atoms with E-state index in [1.54, 1.807) is 0 Å². The number of halogens is 3. The van der Waals surface area contributed by atoms with Crippen molar-refractivity contribution in [2.75, 3.05) is 13.7 Å². The number of ether oxygens (including phenoxy) is 1. The lowest BCUT2D eigenvalue weighted by molar-refractivity contribution is -0.119. The van der Waals surface area contributed by atoms with Crippen molar-refractivity contribution >= 4 is 34.8 Å². The first kappa shape index (κ1) is 15.1. The molecule has 18 heavy (non-hydrogen) atoms. The van der Waals surface area contributed by atoms with Crippen LogP contribution in [0.3, 0.4) is 0 Å². The molecule has 0 heterocycles. The predicted octanol–water partition coefficient (Wildman–Crippen LogP) is 3.31. The molecule has 0 aromatic heterocycles. The maximum atomic E-state index is 13.2. The number of hydrogen-bond acceptors (Lipinski definition) is 3. The predicted molar refractivity (Wildman–Crippen MR) is 66.9 cm³/mol. The molecule has 0 saturated carbocycles. The van der Waals surface area contributed by atoms with Gasteiger partial charge in [-0.15, -0.1) is 0 Å².